The van der Waals surface area contributed by atoms with E-state index in [1.54, 1.807) is 39.5 Å². The molecule has 1 atom stereocenters. The first kappa shape index (κ1) is 28.3. The van der Waals surface area contributed by atoms with Crippen molar-refractivity contribution in [2.45, 2.75) is 12.6 Å². The van der Waals surface area contributed by atoms with Crippen molar-refractivity contribution in [2.24, 2.45) is 7.05 Å². The lowest BCUT2D eigenvalue weighted by Crippen LogP contribution is -2.42. The maximum atomic E-state index is 13.6. The molecule has 0 spiro atoms. The van der Waals surface area contributed by atoms with Gasteiger partial charge >= 0.3 is 0 Å². The van der Waals surface area contributed by atoms with Crippen LogP contribution in [0.5, 0.6) is 0 Å². The van der Waals surface area contributed by atoms with E-state index in [2.05, 4.69) is 15.6 Å². The fourth-order valence-electron chi connectivity index (χ4n) is 5.10. The molecule has 10 nitrogen and oxygen atoms in total. The minimum absolute atomic E-state index is 0.119. The van der Waals surface area contributed by atoms with E-state index in [0.717, 1.165) is 10.9 Å². The Morgan fingerprint density at radius 2 is 1.88 bits per heavy atom. The lowest BCUT2D eigenvalue weighted by molar-refractivity contribution is -0.0247. The number of benzene rings is 3. The molecule has 0 radical (unpaired) electrons. The van der Waals surface area contributed by atoms with E-state index in [4.69, 9.17) is 16.3 Å². The summed E-state index contributed by atoms with van der Waals surface area (Å²) in [5.41, 5.74) is 2.53. The van der Waals surface area contributed by atoms with E-state index in [1.165, 1.54) is 30.3 Å². The normalized spacial score (nSPS) is 15.0. The van der Waals surface area contributed by atoms with Crippen LogP contribution >= 0.6 is 11.6 Å². The molecule has 0 bridgehead atoms. The number of rotatable bonds is 6. The van der Waals surface area contributed by atoms with Crippen LogP contribution in [-0.4, -0.2) is 56.0 Å². The summed E-state index contributed by atoms with van der Waals surface area (Å²) < 4.78 is 22.4. The molecule has 2 aromatic heterocycles. The SMILES string of the molecule is Cn1c(=O)c(Cn2cc(C3CN(C(=O)c4ccc(Cl)cc4NC(=O)c4ccc(F)cc4)CCO3)nn2)cc2ccccc21. The van der Waals surface area contributed by atoms with E-state index in [1.807, 2.05) is 30.3 Å². The molecule has 1 saturated heterocycles. The van der Waals surface area contributed by atoms with E-state index in [0.29, 0.717) is 22.8 Å². The van der Waals surface area contributed by atoms with Gasteiger partial charge in [-0.3, -0.25) is 14.4 Å². The molecule has 1 fully saturated rings. The molecule has 3 heterocycles. The van der Waals surface area contributed by atoms with Crippen molar-refractivity contribution < 1.29 is 18.7 Å². The van der Waals surface area contributed by atoms with Crippen molar-refractivity contribution in [1.82, 2.24) is 24.5 Å². The smallest absolute Gasteiger partial charge is 0.256 e. The van der Waals surface area contributed by atoms with Crippen LogP contribution in [0.4, 0.5) is 10.1 Å². The second-order valence-electron chi connectivity index (χ2n) is 10.2. The molecule has 0 aliphatic carbocycles. The molecule has 1 aliphatic rings. The maximum Gasteiger partial charge on any atom is 0.256 e. The number of ether oxygens (including phenoxy) is 1. The topological polar surface area (TPSA) is 111 Å². The van der Waals surface area contributed by atoms with Crippen LogP contribution in [0.15, 0.2) is 83.8 Å². The van der Waals surface area contributed by atoms with Crippen molar-refractivity contribution in [3.05, 3.63) is 123 Å². The number of anilines is 1. The zero-order valence-corrected chi connectivity index (χ0v) is 23.8. The second-order valence-corrected chi connectivity index (χ2v) is 10.6. The summed E-state index contributed by atoms with van der Waals surface area (Å²) >= 11 is 6.18. The number of pyridine rings is 1. The highest BCUT2D eigenvalue weighted by Crippen LogP contribution is 2.27. The Balaban J connectivity index is 1.18. The van der Waals surface area contributed by atoms with Gasteiger partial charge < -0.3 is 19.5 Å². The molecule has 2 amide bonds. The lowest BCUT2D eigenvalue weighted by Gasteiger charge is -2.32. The summed E-state index contributed by atoms with van der Waals surface area (Å²) in [6.45, 7) is 1.01. The number of nitrogens with zero attached hydrogens (tertiary/aromatic N) is 5. The zero-order valence-electron chi connectivity index (χ0n) is 23.0. The van der Waals surface area contributed by atoms with Crippen LogP contribution < -0.4 is 10.9 Å². The molecule has 1 N–H and O–H groups in total. The van der Waals surface area contributed by atoms with E-state index < -0.39 is 17.8 Å². The first-order chi connectivity index (χ1) is 20.8. The number of fused-ring (bicyclic) bond motifs is 1. The number of carbonyl (C=O) groups is 2. The number of hydrogen-bond donors (Lipinski definition) is 1. The highest BCUT2D eigenvalue weighted by Gasteiger charge is 2.29. The van der Waals surface area contributed by atoms with Gasteiger partial charge in [-0.05, 0) is 60.0 Å². The zero-order chi connectivity index (χ0) is 30.1. The first-order valence-electron chi connectivity index (χ1n) is 13.5. The Hall–Kier alpha value is -4.87. The Morgan fingerprint density at radius 1 is 1.09 bits per heavy atom. The van der Waals surface area contributed by atoms with Crippen molar-refractivity contribution >= 4 is 40.0 Å². The summed E-state index contributed by atoms with van der Waals surface area (Å²) in [5.74, 6) is -1.30. The average Bonchev–Trinajstić information content (AvgIpc) is 3.48. The Morgan fingerprint density at radius 3 is 2.70 bits per heavy atom. The van der Waals surface area contributed by atoms with E-state index >= 15 is 0 Å². The number of amides is 2. The highest BCUT2D eigenvalue weighted by molar-refractivity contribution is 6.31. The van der Waals surface area contributed by atoms with Gasteiger partial charge in [-0.25, -0.2) is 9.07 Å². The molecule has 6 rings (SSSR count). The van der Waals surface area contributed by atoms with E-state index in [-0.39, 0.29) is 48.0 Å². The quantitative estimate of drug-likeness (QED) is 0.309. The largest absolute Gasteiger partial charge is 0.368 e. The van der Waals surface area contributed by atoms with Crippen LogP contribution in [0.25, 0.3) is 10.9 Å². The number of aromatic nitrogens is 4. The molecule has 12 heteroatoms. The molecule has 3 aromatic carbocycles. The molecule has 218 valence electrons. The van der Waals surface area contributed by atoms with Gasteiger partial charge in [-0.1, -0.05) is 35.0 Å². The van der Waals surface area contributed by atoms with Gasteiger partial charge in [0.05, 0.1) is 42.7 Å². The molecule has 1 unspecified atom stereocenters. The number of halogens is 2. The predicted octanol–water partition coefficient (Wildman–Crippen LogP) is 4.44. The molecular formula is C31H26ClFN6O4. The number of hydrogen-bond acceptors (Lipinski definition) is 6. The van der Waals surface area contributed by atoms with Gasteiger partial charge in [0.15, 0.2) is 0 Å². The fourth-order valence-corrected chi connectivity index (χ4v) is 5.27. The van der Waals surface area contributed by atoms with Gasteiger partial charge in [-0.2, -0.15) is 0 Å². The third-order valence-electron chi connectivity index (χ3n) is 7.35. The van der Waals surface area contributed by atoms with Crippen molar-refractivity contribution in [2.75, 3.05) is 25.0 Å². The number of aryl methyl sites for hydroxylation is 1. The van der Waals surface area contributed by atoms with Crippen LogP contribution in [0.1, 0.15) is 38.1 Å². The van der Waals surface area contributed by atoms with Crippen molar-refractivity contribution in [1.29, 1.82) is 0 Å². The van der Waals surface area contributed by atoms with Crippen LogP contribution in [-0.2, 0) is 18.3 Å². The van der Waals surface area contributed by atoms with Gasteiger partial charge in [-0.15, -0.1) is 5.10 Å². The summed E-state index contributed by atoms with van der Waals surface area (Å²) in [5, 5.41) is 12.5. The van der Waals surface area contributed by atoms with Crippen LogP contribution in [0.3, 0.4) is 0 Å². The Kier molecular flexibility index (Phi) is 7.75. The fraction of sp³-hybridized carbons (Fsp3) is 0.194. The lowest BCUT2D eigenvalue weighted by atomic mass is 10.1. The number of para-hydroxylation sites is 1. The van der Waals surface area contributed by atoms with Crippen LogP contribution in [0.2, 0.25) is 5.02 Å². The third kappa shape index (κ3) is 5.90. The number of morpholine rings is 1. The summed E-state index contributed by atoms with van der Waals surface area (Å²) in [6, 6.07) is 19.2. The minimum atomic E-state index is -0.546. The third-order valence-corrected chi connectivity index (χ3v) is 7.58. The molecular weight excluding hydrogens is 575 g/mol. The summed E-state index contributed by atoms with van der Waals surface area (Å²) in [4.78, 5) is 41.0. The number of carbonyl (C=O) groups excluding carboxylic acids is 2. The summed E-state index contributed by atoms with van der Waals surface area (Å²) in [6.07, 6.45) is 1.17. The second kappa shape index (κ2) is 11.8. The highest BCUT2D eigenvalue weighted by atomic mass is 35.5. The predicted molar refractivity (Wildman–Crippen MR) is 159 cm³/mol. The van der Waals surface area contributed by atoms with Crippen molar-refractivity contribution in [3.63, 3.8) is 0 Å². The van der Waals surface area contributed by atoms with Crippen molar-refractivity contribution in [3.8, 4) is 0 Å². The monoisotopic (exact) mass is 600 g/mol. The average molecular weight is 601 g/mol. The van der Waals surface area contributed by atoms with Gasteiger partial charge in [0.25, 0.3) is 17.4 Å². The van der Waals surface area contributed by atoms with Gasteiger partial charge in [0.2, 0.25) is 0 Å². The van der Waals surface area contributed by atoms with Gasteiger partial charge in [0, 0.05) is 29.7 Å². The first-order valence-corrected chi connectivity index (χ1v) is 13.9. The Bertz CT molecular complexity index is 1910. The van der Waals surface area contributed by atoms with E-state index in [9.17, 15) is 18.8 Å². The van der Waals surface area contributed by atoms with Gasteiger partial charge in [0.1, 0.15) is 17.6 Å². The Labute approximate surface area is 250 Å². The molecule has 1 aliphatic heterocycles. The molecule has 5 aromatic rings. The standard InChI is InChI=1S/C31H26ClFN6O4/c1-37-27-5-3-2-4-20(27)14-21(30(37)41)16-39-17-26(35-36-39)28-18-38(12-13-43-28)31(42)24-11-8-22(32)15-25(24)34-29(40)19-6-9-23(33)10-7-19/h2-11,14-15,17,28H,12-13,16,18H2,1H3,(H,34,40). The molecule has 0 saturated carbocycles. The molecule has 43 heavy (non-hydrogen) atoms. The maximum absolute atomic E-state index is 13.6. The summed E-state index contributed by atoms with van der Waals surface area (Å²) in [7, 11) is 1.74. The number of nitrogens with one attached hydrogen (secondary N) is 1. The van der Waals surface area contributed by atoms with Crippen LogP contribution in [0, 0.1) is 5.82 Å². The minimum Gasteiger partial charge on any atom is -0.368 e.